The minimum Gasteiger partial charge on any atom is -0.497 e. The van der Waals surface area contributed by atoms with Crippen molar-refractivity contribution in [2.24, 2.45) is 0 Å². The molecule has 120 valence electrons. The van der Waals surface area contributed by atoms with Crippen LogP contribution in [0.5, 0.6) is 5.75 Å². The summed E-state index contributed by atoms with van der Waals surface area (Å²) in [6.07, 6.45) is 1.36. The van der Waals surface area contributed by atoms with Crippen molar-refractivity contribution in [1.82, 2.24) is 10.2 Å². The Kier molecular flexibility index (Phi) is 5.91. The van der Waals surface area contributed by atoms with Gasteiger partial charge in [-0.25, -0.2) is 0 Å². The molecular weight excluding hydrogens is 327 g/mol. The van der Waals surface area contributed by atoms with Crippen molar-refractivity contribution in [2.45, 2.75) is 23.7 Å². The molecule has 0 spiro atoms. The van der Waals surface area contributed by atoms with Gasteiger partial charge in [0.1, 0.15) is 5.75 Å². The number of halogens is 2. The first-order chi connectivity index (χ1) is 10.5. The van der Waals surface area contributed by atoms with Crippen molar-refractivity contribution < 1.29 is 14.3 Å². The van der Waals surface area contributed by atoms with E-state index in [0.717, 1.165) is 0 Å². The van der Waals surface area contributed by atoms with Gasteiger partial charge in [0.2, 0.25) is 0 Å². The third-order valence-corrected chi connectivity index (χ3v) is 4.03. The Morgan fingerprint density at radius 2 is 2.00 bits per heavy atom. The van der Waals surface area contributed by atoms with Crippen LogP contribution in [0, 0.1) is 0 Å². The van der Waals surface area contributed by atoms with Gasteiger partial charge in [-0.05, 0) is 31.0 Å². The fourth-order valence-corrected chi connectivity index (χ4v) is 2.69. The molecule has 0 aromatic heterocycles. The van der Waals surface area contributed by atoms with Gasteiger partial charge in [-0.15, -0.1) is 0 Å². The molecule has 0 aliphatic carbocycles. The summed E-state index contributed by atoms with van der Waals surface area (Å²) in [4.78, 5) is 24.5. The van der Waals surface area contributed by atoms with Crippen molar-refractivity contribution in [3.8, 4) is 5.75 Å². The number of likely N-dealkylation sites (tertiary alicyclic amines) is 1. The zero-order valence-corrected chi connectivity index (χ0v) is 13.7. The van der Waals surface area contributed by atoms with Crippen molar-refractivity contribution in [3.05, 3.63) is 29.8 Å². The summed E-state index contributed by atoms with van der Waals surface area (Å²) in [5.41, 5.74) is 0.555. The minimum atomic E-state index is -1.03. The molecule has 1 fully saturated rings. The summed E-state index contributed by atoms with van der Waals surface area (Å²) < 4.78 is 5.11. The number of hydrogen-bond donors (Lipinski definition) is 1. The standard InChI is InChI=1S/C15H18Cl2N2O3/c1-22-12-4-2-3-10(9-12)14(20)18-11-5-7-19(8-6-11)15(21)13(16)17/h2-4,9,11,13H,5-8H2,1H3,(H,18,20). The Morgan fingerprint density at radius 3 is 2.59 bits per heavy atom. The number of hydrogen-bond acceptors (Lipinski definition) is 3. The van der Waals surface area contributed by atoms with Gasteiger partial charge in [-0.2, -0.15) is 0 Å². The minimum absolute atomic E-state index is 0.0341. The summed E-state index contributed by atoms with van der Waals surface area (Å²) in [6, 6.07) is 7.03. The molecule has 0 bridgehead atoms. The summed E-state index contributed by atoms with van der Waals surface area (Å²) in [5.74, 6) is 0.223. The highest BCUT2D eigenvalue weighted by molar-refractivity contribution is 6.53. The lowest BCUT2D eigenvalue weighted by Crippen LogP contribution is -2.47. The van der Waals surface area contributed by atoms with E-state index in [0.29, 0.717) is 37.2 Å². The predicted molar refractivity (Wildman–Crippen MR) is 85.6 cm³/mol. The SMILES string of the molecule is COc1cccc(C(=O)NC2CCN(C(=O)C(Cl)Cl)CC2)c1. The third-order valence-electron chi connectivity index (χ3n) is 3.66. The lowest BCUT2D eigenvalue weighted by molar-refractivity contribution is -0.130. The average Bonchev–Trinajstić information content (AvgIpc) is 2.54. The van der Waals surface area contributed by atoms with Crippen LogP contribution < -0.4 is 10.1 Å². The molecule has 2 amide bonds. The molecule has 0 saturated carbocycles. The third kappa shape index (κ3) is 4.27. The van der Waals surface area contributed by atoms with Gasteiger partial charge in [-0.1, -0.05) is 29.3 Å². The lowest BCUT2D eigenvalue weighted by atomic mass is 10.0. The van der Waals surface area contributed by atoms with Crippen LogP contribution in [0.15, 0.2) is 24.3 Å². The van der Waals surface area contributed by atoms with Crippen LogP contribution in [0.4, 0.5) is 0 Å². The fraction of sp³-hybridized carbons (Fsp3) is 0.467. The number of carbonyl (C=O) groups excluding carboxylic acids is 2. The maximum absolute atomic E-state index is 12.2. The second-order valence-electron chi connectivity index (χ2n) is 5.11. The first-order valence-electron chi connectivity index (χ1n) is 7.03. The highest BCUT2D eigenvalue weighted by atomic mass is 35.5. The molecule has 1 heterocycles. The molecule has 2 rings (SSSR count). The predicted octanol–water partition coefficient (Wildman–Crippen LogP) is 2.22. The van der Waals surface area contributed by atoms with E-state index in [2.05, 4.69) is 5.32 Å². The van der Waals surface area contributed by atoms with Crippen LogP contribution in [0.3, 0.4) is 0 Å². The number of benzene rings is 1. The maximum atomic E-state index is 12.2. The van der Waals surface area contributed by atoms with E-state index in [-0.39, 0.29) is 17.9 Å². The molecule has 1 N–H and O–H groups in total. The molecule has 0 radical (unpaired) electrons. The van der Waals surface area contributed by atoms with Gasteiger partial charge in [0.25, 0.3) is 11.8 Å². The molecule has 1 aromatic rings. The molecule has 1 aliphatic rings. The Morgan fingerprint density at radius 1 is 1.32 bits per heavy atom. The normalized spacial score (nSPS) is 15.7. The van der Waals surface area contributed by atoms with E-state index in [1.54, 1.807) is 36.3 Å². The van der Waals surface area contributed by atoms with Gasteiger partial charge >= 0.3 is 0 Å². The highest BCUT2D eigenvalue weighted by Gasteiger charge is 2.26. The monoisotopic (exact) mass is 344 g/mol. The van der Waals surface area contributed by atoms with Crippen molar-refractivity contribution in [2.75, 3.05) is 20.2 Å². The van der Waals surface area contributed by atoms with E-state index in [4.69, 9.17) is 27.9 Å². The first kappa shape index (κ1) is 16.9. The number of amides is 2. The summed E-state index contributed by atoms with van der Waals surface area (Å²) in [6.45, 7) is 1.08. The number of ether oxygens (including phenoxy) is 1. The van der Waals surface area contributed by atoms with E-state index < -0.39 is 4.84 Å². The number of carbonyl (C=O) groups is 2. The summed E-state index contributed by atoms with van der Waals surface area (Å²) in [7, 11) is 1.56. The van der Waals surface area contributed by atoms with E-state index in [1.165, 1.54) is 0 Å². The number of piperidine rings is 1. The average molecular weight is 345 g/mol. The molecule has 0 unspecified atom stereocenters. The summed E-state index contributed by atoms with van der Waals surface area (Å²) in [5, 5.41) is 2.98. The zero-order valence-electron chi connectivity index (χ0n) is 12.2. The van der Waals surface area contributed by atoms with E-state index >= 15 is 0 Å². The summed E-state index contributed by atoms with van der Waals surface area (Å²) >= 11 is 11.2. The van der Waals surface area contributed by atoms with E-state index in [9.17, 15) is 9.59 Å². The quantitative estimate of drug-likeness (QED) is 0.852. The molecule has 5 nitrogen and oxygen atoms in total. The smallest absolute Gasteiger partial charge is 0.255 e. The fourth-order valence-electron chi connectivity index (χ4n) is 2.42. The van der Waals surface area contributed by atoms with Gasteiger partial charge in [0.05, 0.1) is 7.11 Å². The van der Waals surface area contributed by atoms with Crippen molar-refractivity contribution >= 4 is 35.0 Å². The first-order valence-corrected chi connectivity index (χ1v) is 7.90. The Labute approximate surface area is 139 Å². The van der Waals surface area contributed by atoms with Gasteiger partial charge < -0.3 is 15.0 Å². The Balaban J connectivity index is 1.87. The molecule has 22 heavy (non-hydrogen) atoms. The van der Waals surface area contributed by atoms with Crippen LogP contribution in [-0.2, 0) is 4.79 Å². The number of nitrogens with zero attached hydrogens (tertiary/aromatic N) is 1. The second kappa shape index (κ2) is 7.70. The number of rotatable bonds is 4. The highest BCUT2D eigenvalue weighted by Crippen LogP contribution is 2.16. The largest absolute Gasteiger partial charge is 0.497 e. The molecule has 1 saturated heterocycles. The molecule has 1 aromatic carbocycles. The molecule has 0 atom stereocenters. The van der Waals surface area contributed by atoms with Crippen molar-refractivity contribution in [3.63, 3.8) is 0 Å². The van der Waals surface area contributed by atoms with Crippen LogP contribution in [-0.4, -0.2) is 47.8 Å². The number of alkyl halides is 2. The van der Waals surface area contributed by atoms with Crippen LogP contribution >= 0.6 is 23.2 Å². The van der Waals surface area contributed by atoms with E-state index in [1.807, 2.05) is 0 Å². The molecule has 7 heteroatoms. The Bertz CT molecular complexity index is 543. The van der Waals surface area contributed by atoms with Crippen molar-refractivity contribution in [1.29, 1.82) is 0 Å². The van der Waals surface area contributed by atoms with Crippen LogP contribution in [0.25, 0.3) is 0 Å². The maximum Gasteiger partial charge on any atom is 0.255 e. The number of methoxy groups -OCH3 is 1. The van der Waals surface area contributed by atoms with Crippen LogP contribution in [0.1, 0.15) is 23.2 Å². The lowest BCUT2D eigenvalue weighted by Gasteiger charge is -2.32. The topological polar surface area (TPSA) is 58.6 Å². The number of nitrogens with one attached hydrogen (secondary N) is 1. The van der Waals surface area contributed by atoms with Gasteiger partial charge in [0.15, 0.2) is 4.84 Å². The van der Waals surface area contributed by atoms with Gasteiger partial charge in [0, 0.05) is 24.7 Å². The zero-order chi connectivity index (χ0) is 16.1. The van der Waals surface area contributed by atoms with Gasteiger partial charge in [-0.3, -0.25) is 9.59 Å². The van der Waals surface area contributed by atoms with Crippen LogP contribution in [0.2, 0.25) is 0 Å². The molecular formula is C15H18Cl2N2O3. The Hall–Kier alpha value is -1.46. The second-order valence-corrected chi connectivity index (χ2v) is 6.20. The molecule has 1 aliphatic heterocycles.